The normalized spacial score (nSPS) is 16.3. The summed E-state index contributed by atoms with van der Waals surface area (Å²) in [5.41, 5.74) is 4.97. The number of hydrogen-bond acceptors (Lipinski definition) is 2. The van der Waals surface area contributed by atoms with Crippen molar-refractivity contribution in [3.63, 3.8) is 0 Å². The Hall–Kier alpha value is -2.81. The van der Waals surface area contributed by atoms with E-state index in [0.29, 0.717) is 0 Å². The van der Waals surface area contributed by atoms with Crippen molar-refractivity contribution >= 4 is 22.8 Å². The van der Waals surface area contributed by atoms with Gasteiger partial charge in [-0.1, -0.05) is 48.0 Å². The lowest BCUT2D eigenvalue weighted by molar-refractivity contribution is 0.0947. The summed E-state index contributed by atoms with van der Waals surface area (Å²) in [5, 5.41) is 4.34. The van der Waals surface area contributed by atoms with Crippen LogP contribution in [0.3, 0.4) is 0 Å². The first-order valence-electron chi connectivity index (χ1n) is 7.38. The second-order valence-corrected chi connectivity index (χ2v) is 5.66. The number of para-hydroxylation sites is 1. The maximum Gasteiger partial charge on any atom is 0.191 e. The van der Waals surface area contributed by atoms with Crippen LogP contribution in [0.15, 0.2) is 54.7 Å². The van der Waals surface area contributed by atoms with Crippen molar-refractivity contribution in [2.75, 3.05) is 0 Å². The molecule has 3 nitrogen and oxygen atoms in total. The Kier molecular flexibility index (Phi) is 2.86. The van der Waals surface area contributed by atoms with Gasteiger partial charge < -0.3 is 10.3 Å². The largest absolute Gasteiger partial charge is 0.376 e. The highest BCUT2D eigenvalue weighted by Gasteiger charge is 2.27. The molecule has 0 saturated heterocycles. The van der Waals surface area contributed by atoms with Crippen molar-refractivity contribution in [1.82, 2.24) is 10.3 Å². The number of nitrogens with one attached hydrogen (secondary N) is 2. The first-order valence-corrected chi connectivity index (χ1v) is 7.38. The Bertz CT molecular complexity index is 887. The SMILES string of the molecule is Cc1ccc(C(=O)C2NC=Cc3c2[nH]c2ccccc32)cc1. The number of carbonyl (C=O) groups excluding carboxylic acids is 1. The van der Waals surface area contributed by atoms with Gasteiger partial charge in [-0.15, -0.1) is 0 Å². The molecule has 2 heterocycles. The average Bonchev–Trinajstić information content (AvgIpc) is 2.93. The van der Waals surface area contributed by atoms with Gasteiger partial charge in [-0.25, -0.2) is 0 Å². The van der Waals surface area contributed by atoms with Crippen LogP contribution in [-0.4, -0.2) is 10.8 Å². The monoisotopic (exact) mass is 288 g/mol. The fraction of sp³-hybridized carbons (Fsp3) is 0.105. The first kappa shape index (κ1) is 12.9. The van der Waals surface area contributed by atoms with E-state index in [1.165, 1.54) is 0 Å². The standard InChI is InChI=1S/C19H16N2O/c1-12-6-8-13(9-7-12)19(22)18-17-15(10-11-20-18)14-4-2-3-5-16(14)21-17/h2-11,18,20-21H,1H3. The zero-order valence-electron chi connectivity index (χ0n) is 12.3. The van der Waals surface area contributed by atoms with Crippen molar-refractivity contribution in [2.45, 2.75) is 13.0 Å². The highest BCUT2D eigenvalue weighted by molar-refractivity contribution is 6.03. The van der Waals surface area contributed by atoms with E-state index >= 15 is 0 Å². The van der Waals surface area contributed by atoms with E-state index in [9.17, 15) is 4.79 Å². The van der Waals surface area contributed by atoms with E-state index in [4.69, 9.17) is 0 Å². The van der Waals surface area contributed by atoms with E-state index in [1.54, 1.807) is 0 Å². The summed E-state index contributed by atoms with van der Waals surface area (Å²) in [6.07, 6.45) is 3.88. The van der Waals surface area contributed by atoms with E-state index in [0.717, 1.165) is 33.3 Å². The third kappa shape index (κ3) is 1.94. The van der Waals surface area contributed by atoms with Crippen LogP contribution < -0.4 is 5.32 Å². The molecular weight excluding hydrogens is 272 g/mol. The van der Waals surface area contributed by atoms with Crippen molar-refractivity contribution in [2.24, 2.45) is 0 Å². The van der Waals surface area contributed by atoms with Crippen LogP contribution in [0.5, 0.6) is 0 Å². The van der Waals surface area contributed by atoms with Gasteiger partial charge in [-0.3, -0.25) is 4.79 Å². The number of Topliss-reactive ketones (excluding diaryl/α,β-unsaturated/α-hetero) is 1. The molecule has 0 spiro atoms. The minimum absolute atomic E-state index is 0.0807. The molecule has 1 atom stereocenters. The first-order chi connectivity index (χ1) is 10.7. The van der Waals surface area contributed by atoms with E-state index < -0.39 is 0 Å². The van der Waals surface area contributed by atoms with Crippen LogP contribution >= 0.6 is 0 Å². The van der Waals surface area contributed by atoms with Gasteiger partial charge in [-0.05, 0) is 25.3 Å². The van der Waals surface area contributed by atoms with Crippen LogP contribution in [0.4, 0.5) is 0 Å². The minimum atomic E-state index is -0.366. The topological polar surface area (TPSA) is 44.9 Å². The molecule has 2 aromatic carbocycles. The Morgan fingerprint density at radius 1 is 1.05 bits per heavy atom. The summed E-state index contributed by atoms with van der Waals surface area (Å²) in [7, 11) is 0. The van der Waals surface area contributed by atoms with Gasteiger partial charge in [-0.2, -0.15) is 0 Å². The number of aromatic nitrogens is 1. The zero-order valence-corrected chi connectivity index (χ0v) is 12.3. The van der Waals surface area contributed by atoms with Crippen LogP contribution in [0.1, 0.15) is 33.2 Å². The molecular formula is C19H16N2O. The average molecular weight is 288 g/mol. The molecule has 0 aliphatic carbocycles. The van der Waals surface area contributed by atoms with Gasteiger partial charge in [0.15, 0.2) is 5.78 Å². The Morgan fingerprint density at radius 3 is 2.64 bits per heavy atom. The summed E-state index contributed by atoms with van der Waals surface area (Å²) in [5.74, 6) is 0.0807. The second kappa shape index (κ2) is 4.88. The fourth-order valence-corrected chi connectivity index (χ4v) is 2.99. The van der Waals surface area contributed by atoms with Crippen molar-refractivity contribution in [3.05, 3.63) is 77.1 Å². The number of H-pyrrole nitrogens is 1. The lowest BCUT2D eigenvalue weighted by Crippen LogP contribution is -2.27. The molecule has 3 heteroatoms. The fourth-order valence-electron chi connectivity index (χ4n) is 2.99. The van der Waals surface area contributed by atoms with Crippen LogP contribution in [0, 0.1) is 6.92 Å². The Morgan fingerprint density at radius 2 is 1.82 bits per heavy atom. The van der Waals surface area contributed by atoms with Gasteiger partial charge in [0.1, 0.15) is 6.04 Å². The van der Waals surface area contributed by atoms with Crippen LogP contribution in [0.2, 0.25) is 0 Å². The number of hydrogen-bond donors (Lipinski definition) is 2. The maximum absolute atomic E-state index is 12.8. The van der Waals surface area contributed by atoms with Crippen LogP contribution in [-0.2, 0) is 0 Å². The molecule has 0 fully saturated rings. The van der Waals surface area contributed by atoms with Crippen LogP contribution in [0.25, 0.3) is 17.0 Å². The molecule has 0 bridgehead atoms. The molecule has 22 heavy (non-hydrogen) atoms. The van der Waals surface area contributed by atoms with Crippen molar-refractivity contribution in [3.8, 4) is 0 Å². The molecule has 4 rings (SSSR count). The number of fused-ring (bicyclic) bond motifs is 3. The molecule has 108 valence electrons. The predicted molar refractivity (Wildman–Crippen MR) is 88.7 cm³/mol. The Labute approximate surface area is 128 Å². The third-order valence-corrected chi connectivity index (χ3v) is 4.18. The van der Waals surface area contributed by atoms with E-state index in [-0.39, 0.29) is 11.8 Å². The molecule has 0 saturated carbocycles. The molecule has 1 aliphatic rings. The van der Waals surface area contributed by atoms with Gasteiger partial charge in [0.05, 0.1) is 5.69 Å². The quantitative estimate of drug-likeness (QED) is 0.701. The molecule has 0 radical (unpaired) electrons. The highest BCUT2D eigenvalue weighted by Crippen LogP contribution is 2.32. The number of rotatable bonds is 2. The maximum atomic E-state index is 12.8. The third-order valence-electron chi connectivity index (χ3n) is 4.18. The summed E-state index contributed by atoms with van der Waals surface area (Å²) in [4.78, 5) is 16.2. The number of aryl methyl sites for hydroxylation is 1. The van der Waals surface area contributed by atoms with Crippen molar-refractivity contribution in [1.29, 1.82) is 0 Å². The summed E-state index contributed by atoms with van der Waals surface area (Å²) in [6, 6.07) is 15.5. The minimum Gasteiger partial charge on any atom is -0.376 e. The van der Waals surface area contributed by atoms with Gasteiger partial charge >= 0.3 is 0 Å². The number of carbonyl (C=O) groups is 1. The van der Waals surface area contributed by atoms with Crippen molar-refractivity contribution < 1.29 is 4.79 Å². The van der Waals surface area contributed by atoms with Gasteiger partial charge in [0.2, 0.25) is 0 Å². The lowest BCUT2D eigenvalue weighted by Gasteiger charge is -2.20. The molecule has 2 N–H and O–H groups in total. The molecule has 3 aromatic rings. The lowest BCUT2D eigenvalue weighted by atomic mass is 9.96. The molecule has 1 aliphatic heterocycles. The Balaban J connectivity index is 1.80. The predicted octanol–water partition coefficient (Wildman–Crippen LogP) is 3.97. The number of benzene rings is 2. The molecule has 1 unspecified atom stereocenters. The summed E-state index contributed by atoms with van der Waals surface area (Å²) >= 11 is 0. The van der Waals surface area contributed by atoms with Gasteiger partial charge in [0, 0.05) is 22.0 Å². The second-order valence-electron chi connectivity index (χ2n) is 5.66. The smallest absolute Gasteiger partial charge is 0.191 e. The molecule has 1 aromatic heterocycles. The number of ketones is 1. The zero-order chi connectivity index (χ0) is 15.1. The van der Waals surface area contributed by atoms with Gasteiger partial charge in [0.25, 0.3) is 0 Å². The summed E-state index contributed by atoms with van der Waals surface area (Å²) < 4.78 is 0. The highest BCUT2D eigenvalue weighted by atomic mass is 16.1. The van der Waals surface area contributed by atoms with E-state index in [1.807, 2.05) is 61.7 Å². The summed E-state index contributed by atoms with van der Waals surface area (Å²) in [6.45, 7) is 2.02. The molecule has 0 amide bonds. The van der Waals surface area contributed by atoms with E-state index in [2.05, 4.69) is 16.4 Å². The number of aromatic amines is 1.